The topological polar surface area (TPSA) is 100.0 Å². The fourth-order valence-corrected chi connectivity index (χ4v) is 2.15. The first-order valence-electron chi connectivity index (χ1n) is 6.03. The molecule has 2 N–H and O–H groups in total. The minimum atomic E-state index is -0.573. The van der Waals surface area contributed by atoms with Crippen molar-refractivity contribution in [2.75, 3.05) is 12.8 Å². The predicted octanol–water partition coefficient (Wildman–Crippen LogP) is 1.92. The van der Waals surface area contributed by atoms with Gasteiger partial charge in [-0.15, -0.1) is 0 Å². The van der Waals surface area contributed by atoms with Gasteiger partial charge in [-0.25, -0.2) is 9.97 Å². The third kappa shape index (κ3) is 3.45. The molecule has 0 aliphatic heterocycles. The van der Waals surface area contributed by atoms with E-state index < -0.39 is 5.60 Å². The number of aryl methyl sites for hydroxylation is 1. The van der Waals surface area contributed by atoms with Gasteiger partial charge in [0.2, 0.25) is 11.7 Å². The van der Waals surface area contributed by atoms with Crippen LogP contribution in [0.3, 0.4) is 0 Å². The van der Waals surface area contributed by atoms with Gasteiger partial charge in [0.1, 0.15) is 11.4 Å². The average molecular weight is 295 g/mol. The molecule has 20 heavy (non-hydrogen) atoms. The Bertz CT molecular complexity index is 579. The Labute approximate surface area is 121 Å². The Kier molecular flexibility index (Phi) is 4.24. The van der Waals surface area contributed by atoms with E-state index >= 15 is 0 Å². The van der Waals surface area contributed by atoms with Crippen LogP contribution in [0, 0.1) is 6.92 Å². The van der Waals surface area contributed by atoms with Crippen LogP contribution in [0.15, 0.2) is 15.7 Å². The summed E-state index contributed by atoms with van der Waals surface area (Å²) in [5.41, 5.74) is 5.93. The molecule has 2 aromatic heterocycles. The van der Waals surface area contributed by atoms with E-state index in [2.05, 4.69) is 20.1 Å². The molecule has 2 heterocycles. The maximum absolute atomic E-state index is 5.68. The number of nitrogen functional groups attached to an aromatic ring is 1. The highest BCUT2D eigenvalue weighted by Gasteiger charge is 2.26. The number of rotatable bonds is 5. The van der Waals surface area contributed by atoms with E-state index in [1.54, 1.807) is 13.2 Å². The highest BCUT2D eigenvalue weighted by atomic mass is 32.2. The van der Waals surface area contributed by atoms with Crippen molar-refractivity contribution in [3.05, 3.63) is 23.5 Å². The van der Waals surface area contributed by atoms with E-state index in [-0.39, 0.29) is 0 Å². The Balaban J connectivity index is 2.04. The number of anilines is 1. The van der Waals surface area contributed by atoms with Gasteiger partial charge in [0.05, 0.1) is 5.75 Å². The van der Waals surface area contributed by atoms with Crippen LogP contribution in [-0.4, -0.2) is 27.2 Å². The highest BCUT2D eigenvalue weighted by Crippen LogP contribution is 2.23. The number of methoxy groups -OCH3 is 1. The first-order valence-corrected chi connectivity index (χ1v) is 7.01. The number of nitrogens with two attached hydrogens (primary N) is 1. The van der Waals surface area contributed by atoms with Gasteiger partial charge in [-0.05, 0) is 20.8 Å². The fourth-order valence-electron chi connectivity index (χ4n) is 1.41. The molecule has 108 valence electrons. The number of aromatic nitrogens is 4. The quantitative estimate of drug-likeness (QED) is 0.659. The second-order valence-corrected chi connectivity index (χ2v) is 5.67. The molecule has 0 fully saturated rings. The molecule has 0 saturated carbocycles. The van der Waals surface area contributed by atoms with Gasteiger partial charge in [0, 0.05) is 18.9 Å². The largest absolute Gasteiger partial charge is 0.384 e. The Morgan fingerprint density at radius 2 is 2.10 bits per heavy atom. The van der Waals surface area contributed by atoms with Crippen LogP contribution in [0.1, 0.15) is 31.3 Å². The summed E-state index contributed by atoms with van der Waals surface area (Å²) >= 11 is 1.39. The molecule has 2 rings (SSSR count). The third-order valence-electron chi connectivity index (χ3n) is 2.70. The summed E-state index contributed by atoms with van der Waals surface area (Å²) in [4.78, 5) is 12.7. The zero-order chi connectivity index (χ0) is 14.8. The minimum Gasteiger partial charge on any atom is -0.384 e. The molecule has 7 nitrogen and oxygen atoms in total. The van der Waals surface area contributed by atoms with Crippen molar-refractivity contribution in [1.29, 1.82) is 0 Å². The lowest BCUT2D eigenvalue weighted by Crippen LogP contribution is -2.21. The Morgan fingerprint density at radius 3 is 2.75 bits per heavy atom. The van der Waals surface area contributed by atoms with Gasteiger partial charge in [-0.1, -0.05) is 16.9 Å². The normalized spacial score (nSPS) is 11.8. The zero-order valence-corrected chi connectivity index (χ0v) is 12.7. The SMILES string of the molecule is COC(C)(C)c1noc(CSc2nc(C)cc(N)n2)n1. The number of hydrogen-bond acceptors (Lipinski definition) is 8. The standard InChI is InChI=1S/C12H17N5O2S/c1-7-5-8(13)15-11(14-7)20-6-9-16-10(17-19-9)12(2,3)18-4/h5H,6H2,1-4H3,(H2,13,14,15). The summed E-state index contributed by atoms with van der Waals surface area (Å²) in [6.45, 7) is 5.62. The lowest BCUT2D eigenvalue weighted by Gasteiger charge is -2.17. The molecular weight excluding hydrogens is 278 g/mol. The first kappa shape index (κ1) is 14.7. The van der Waals surface area contributed by atoms with Gasteiger partial charge in [0.25, 0.3) is 0 Å². The van der Waals surface area contributed by atoms with Crippen molar-refractivity contribution in [2.45, 2.75) is 37.3 Å². The van der Waals surface area contributed by atoms with Gasteiger partial charge < -0.3 is 15.0 Å². The van der Waals surface area contributed by atoms with E-state index in [1.807, 2.05) is 20.8 Å². The second kappa shape index (κ2) is 5.76. The van der Waals surface area contributed by atoms with E-state index in [0.717, 1.165) is 5.69 Å². The summed E-state index contributed by atoms with van der Waals surface area (Å²) in [6.07, 6.45) is 0. The maximum Gasteiger partial charge on any atom is 0.237 e. The van der Waals surface area contributed by atoms with E-state index in [0.29, 0.717) is 28.4 Å². The van der Waals surface area contributed by atoms with Crippen molar-refractivity contribution in [2.24, 2.45) is 0 Å². The zero-order valence-electron chi connectivity index (χ0n) is 11.9. The maximum atomic E-state index is 5.68. The monoisotopic (exact) mass is 295 g/mol. The van der Waals surface area contributed by atoms with Gasteiger partial charge in [-0.3, -0.25) is 0 Å². The Hall–Kier alpha value is -1.67. The molecule has 8 heteroatoms. The van der Waals surface area contributed by atoms with Crippen LogP contribution >= 0.6 is 11.8 Å². The number of thioether (sulfide) groups is 1. The van der Waals surface area contributed by atoms with Crippen LogP contribution in [0.5, 0.6) is 0 Å². The van der Waals surface area contributed by atoms with Crippen LogP contribution < -0.4 is 5.73 Å². The molecule has 0 atom stereocenters. The molecule has 0 aliphatic rings. The number of nitrogens with zero attached hydrogens (tertiary/aromatic N) is 4. The lowest BCUT2D eigenvalue weighted by molar-refractivity contribution is 0.00973. The van der Waals surface area contributed by atoms with E-state index in [1.165, 1.54) is 11.8 Å². The van der Waals surface area contributed by atoms with Gasteiger partial charge in [0.15, 0.2) is 5.16 Å². The summed E-state index contributed by atoms with van der Waals surface area (Å²) in [5.74, 6) is 1.95. The molecule has 0 amide bonds. The van der Waals surface area contributed by atoms with E-state index in [9.17, 15) is 0 Å². The van der Waals surface area contributed by atoms with Crippen molar-refractivity contribution in [1.82, 2.24) is 20.1 Å². The van der Waals surface area contributed by atoms with Crippen molar-refractivity contribution in [3.8, 4) is 0 Å². The predicted molar refractivity (Wildman–Crippen MR) is 75.1 cm³/mol. The molecule has 2 aromatic rings. The minimum absolute atomic E-state index is 0.451. The highest BCUT2D eigenvalue weighted by molar-refractivity contribution is 7.98. The van der Waals surface area contributed by atoms with Gasteiger partial charge in [-0.2, -0.15) is 4.98 Å². The molecule has 0 aromatic carbocycles. The van der Waals surface area contributed by atoms with Gasteiger partial charge >= 0.3 is 0 Å². The molecule has 0 radical (unpaired) electrons. The van der Waals surface area contributed by atoms with Crippen molar-refractivity contribution in [3.63, 3.8) is 0 Å². The van der Waals surface area contributed by atoms with Crippen LogP contribution in [-0.2, 0) is 16.1 Å². The van der Waals surface area contributed by atoms with Crippen LogP contribution in [0.4, 0.5) is 5.82 Å². The number of ether oxygens (including phenoxy) is 1. The van der Waals surface area contributed by atoms with Crippen molar-refractivity contribution >= 4 is 17.6 Å². The Morgan fingerprint density at radius 1 is 1.35 bits per heavy atom. The molecule has 0 aliphatic carbocycles. The van der Waals surface area contributed by atoms with E-state index in [4.69, 9.17) is 15.0 Å². The smallest absolute Gasteiger partial charge is 0.237 e. The summed E-state index contributed by atoms with van der Waals surface area (Å²) < 4.78 is 10.5. The first-order chi connectivity index (χ1) is 9.40. The molecule has 0 saturated heterocycles. The second-order valence-electron chi connectivity index (χ2n) is 4.73. The molecule has 0 bridgehead atoms. The fraction of sp³-hybridized carbons (Fsp3) is 0.500. The molecular formula is C12H17N5O2S. The molecule has 0 spiro atoms. The summed E-state index contributed by atoms with van der Waals surface area (Å²) in [7, 11) is 1.61. The number of hydrogen-bond donors (Lipinski definition) is 1. The summed E-state index contributed by atoms with van der Waals surface area (Å²) in [5, 5.41) is 4.51. The van der Waals surface area contributed by atoms with Crippen molar-refractivity contribution < 1.29 is 9.26 Å². The third-order valence-corrected chi connectivity index (χ3v) is 3.53. The van der Waals surface area contributed by atoms with Crippen LogP contribution in [0.25, 0.3) is 0 Å². The van der Waals surface area contributed by atoms with Crippen LogP contribution in [0.2, 0.25) is 0 Å². The summed E-state index contributed by atoms with van der Waals surface area (Å²) in [6, 6.07) is 1.72. The molecule has 0 unspecified atom stereocenters. The lowest BCUT2D eigenvalue weighted by atomic mass is 10.1. The average Bonchev–Trinajstić information content (AvgIpc) is 2.85.